The highest BCUT2D eigenvalue weighted by Gasteiger charge is 2.39. The van der Waals surface area contributed by atoms with Gasteiger partial charge in [-0.3, -0.25) is 4.90 Å². The molecule has 1 aliphatic carbocycles. The van der Waals surface area contributed by atoms with Crippen LogP contribution in [0.2, 0.25) is 0 Å². The Morgan fingerprint density at radius 2 is 2.00 bits per heavy atom. The Kier molecular flexibility index (Phi) is 2.61. The Balaban J connectivity index is 2.00. The van der Waals surface area contributed by atoms with Crippen LogP contribution in [0.5, 0.6) is 0 Å². The van der Waals surface area contributed by atoms with Crippen molar-refractivity contribution in [2.75, 3.05) is 6.54 Å². The fraction of sp³-hybridized carbons (Fsp3) is 1.00. The number of hydrogen-bond acceptors (Lipinski definition) is 2. The zero-order valence-electron chi connectivity index (χ0n) is 8.87. The van der Waals surface area contributed by atoms with Gasteiger partial charge in [0.25, 0.3) is 0 Å². The van der Waals surface area contributed by atoms with Gasteiger partial charge in [-0.05, 0) is 45.6 Å². The van der Waals surface area contributed by atoms with Crippen molar-refractivity contribution in [1.29, 1.82) is 0 Å². The third kappa shape index (κ3) is 1.62. The Morgan fingerprint density at radius 3 is 2.69 bits per heavy atom. The van der Waals surface area contributed by atoms with Gasteiger partial charge in [-0.2, -0.15) is 0 Å². The average molecular weight is 182 g/mol. The van der Waals surface area contributed by atoms with Gasteiger partial charge in [0.15, 0.2) is 0 Å². The molecule has 1 aliphatic heterocycles. The van der Waals surface area contributed by atoms with E-state index in [4.69, 9.17) is 5.73 Å². The van der Waals surface area contributed by atoms with E-state index in [1.165, 1.54) is 32.2 Å². The molecule has 1 saturated carbocycles. The highest BCUT2D eigenvalue weighted by molar-refractivity contribution is 4.95. The van der Waals surface area contributed by atoms with Gasteiger partial charge in [-0.1, -0.05) is 6.42 Å². The minimum absolute atomic E-state index is 0.319. The van der Waals surface area contributed by atoms with E-state index < -0.39 is 0 Å². The molecule has 4 atom stereocenters. The Morgan fingerprint density at radius 1 is 1.23 bits per heavy atom. The van der Waals surface area contributed by atoms with E-state index >= 15 is 0 Å². The topological polar surface area (TPSA) is 29.3 Å². The van der Waals surface area contributed by atoms with Gasteiger partial charge >= 0.3 is 0 Å². The molecule has 2 nitrogen and oxygen atoms in total. The van der Waals surface area contributed by atoms with Crippen LogP contribution in [0.25, 0.3) is 0 Å². The van der Waals surface area contributed by atoms with E-state index in [0.717, 1.165) is 12.0 Å². The Labute approximate surface area is 81.5 Å². The first-order valence-electron chi connectivity index (χ1n) is 5.71. The van der Waals surface area contributed by atoms with E-state index in [9.17, 15) is 0 Å². The van der Waals surface area contributed by atoms with Crippen molar-refractivity contribution in [2.45, 2.75) is 57.7 Å². The van der Waals surface area contributed by atoms with Crippen molar-refractivity contribution in [1.82, 2.24) is 4.90 Å². The Hall–Kier alpha value is -0.0800. The molecule has 0 spiro atoms. The van der Waals surface area contributed by atoms with Gasteiger partial charge in [0.2, 0.25) is 0 Å². The molecule has 76 valence electrons. The quantitative estimate of drug-likeness (QED) is 0.703. The van der Waals surface area contributed by atoms with Crippen molar-refractivity contribution in [3.05, 3.63) is 0 Å². The van der Waals surface area contributed by atoms with Crippen molar-refractivity contribution in [3.8, 4) is 0 Å². The summed E-state index contributed by atoms with van der Waals surface area (Å²) in [4.78, 5) is 2.66. The zero-order chi connectivity index (χ0) is 9.42. The minimum Gasteiger partial charge on any atom is -0.327 e. The van der Waals surface area contributed by atoms with Crippen LogP contribution < -0.4 is 5.73 Å². The molecule has 1 heterocycles. The van der Waals surface area contributed by atoms with Gasteiger partial charge in [0, 0.05) is 18.1 Å². The highest BCUT2D eigenvalue weighted by atomic mass is 15.2. The highest BCUT2D eigenvalue weighted by Crippen LogP contribution is 2.38. The second kappa shape index (κ2) is 3.58. The van der Waals surface area contributed by atoms with Crippen molar-refractivity contribution in [3.63, 3.8) is 0 Å². The van der Waals surface area contributed by atoms with Crippen LogP contribution >= 0.6 is 0 Å². The van der Waals surface area contributed by atoms with Crippen LogP contribution in [0.4, 0.5) is 0 Å². The van der Waals surface area contributed by atoms with Gasteiger partial charge in [-0.15, -0.1) is 0 Å². The van der Waals surface area contributed by atoms with E-state index in [-0.39, 0.29) is 0 Å². The maximum Gasteiger partial charge on any atom is 0.0219 e. The van der Waals surface area contributed by atoms with Crippen LogP contribution in [-0.2, 0) is 0 Å². The zero-order valence-corrected chi connectivity index (χ0v) is 8.87. The molecule has 0 aromatic rings. The largest absolute Gasteiger partial charge is 0.327 e. The lowest BCUT2D eigenvalue weighted by Gasteiger charge is -2.32. The lowest BCUT2D eigenvalue weighted by atomic mass is 10.0. The molecular weight excluding hydrogens is 160 g/mol. The summed E-state index contributed by atoms with van der Waals surface area (Å²) in [6.45, 7) is 5.70. The molecule has 0 aromatic heterocycles. The molecular formula is C11H22N2. The number of hydrogen-bond donors (Lipinski definition) is 1. The number of fused-ring (bicyclic) bond motifs is 1. The first-order valence-corrected chi connectivity index (χ1v) is 5.71. The molecule has 2 N–H and O–H groups in total. The first-order chi connectivity index (χ1) is 6.20. The van der Waals surface area contributed by atoms with E-state index in [0.29, 0.717) is 12.1 Å². The first kappa shape index (κ1) is 9.47. The standard InChI is InChI=1S/C11H22N2/c1-8(12)9(2)13-7-6-10-4-3-5-11(10)13/h8-11H,3-7,12H2,1-2H3. The van der Waals surface area contributed by atoms with Crippen molar-refractivity contribution < 1.29 is 0 Å². The summed E-state index contributed by atoms with van der Waals surface area (Å²) in [6.07, 6.45) is 5.74. The normalized spacial score (nSPS) is 39.0. The summed E-state index contributed by atoms with van der Waals surface area (Å²) >= 11 is 0. The Bertz CT molecular complexity index is 179. The van der Waals surface area contributed by atoms with Gasteiger partial charge in [-0.25, -0.2) is 0 Å². The second-order valence-corrected chi connectivity index (χ2v) is 4.88. The van der Waals surface area contributed by atoms with Crippen LogP contribution in [0, 0.1) is 5.92 Å². The number of rotatable bonds is 2. The molecule has 2 rings (SSSR count). The minimum atomic E-state index is 0.319. The molecule has 0 aromatic carbocycles. The van der Waals surface area contributed by atoms with E-state index in [2.05, 4.69) is 18.7 Å². The summed E-state index contributed by atoms with van der Waals surface area (Å²) in [5.41, 5.74) is 5.96. The third-order valence-corrected chi connectivity index (χ3v) is 4.09. The molecule has 0 amide bonds. The second-order valence-electron chi connectivity index (χ2n) is 4.88. The number of nitrogens with two attached hydrogens (primary N) is 1. The van der Waals surface area contributed by atoms with Crippen LogP contribution in [0.15, 0.2) is 0 Å². The SMILES string of the molecule is CC(N)C(C)N1CCC2CCCC21. The lowest BCUT2D eigenvalue weighted by molar-refractivity contribution is 0.164. The molecule has 2 fully saturated rings. The van der Waals surface area contributed by atoms with Crippen LogP contribution in [0.1, 0.15) is 39.5 Å². The van der Waals surface area contributed by atoms with Gasteiger partial charge in [0.05, 0.1) is 0 Å². The average Bonchev–Trinajstić information content (AvgIpc) is 2.61. The van der Waals surface area contributed by atoms with Crippen LogP contribution in [0.3, 0.4) is 0 Å². The van der Waals surface area contributed by atoms with Gasteiger partial charge in [0.1, 0.15) is 0 Å². The van der Waals surface area contributed by atoms with E-state index in [1.807, 2.05) is 0 Å². The van der Waals surface area contributed by atoms with Gasteiger partial charge < -0.3 is 5.73 Å². The molecule has 0 bridgehead atoms. The van der Waals surface area contributed by atoms with Crippen molar-refractivity contribution >= 4 is 0 Å². The summed E-state index contributed by atoms with van der Waals surface area (Å²) in [7, 11) is 0. The number of likely N-dealkylation sites (tertiary alicyclic amines) is 1. The van der Waals surface area contributed by atoms with Crippen molar-refractivity contribution in [2.24, 2.45) is 11.7 Å². The fourth-order valence-corrected chi connectivity index (χ4v) is 3.08. The fourth-order valence-electron chi connectivity index (χ4n) is 3.08. The number of nitrogens with zero attached hydrogens (tertiary/aromatic N) is 1. The summed E-state index contributed by atoms with van der Waals surface area (Å²) in [6, 6.07) is 1.77. The van der Waals surface area contributed by atoms with Crippen LogP contribution in [-0.4, -0.2) is 29.6 Å². The molecule has 2 heteroatoms. The third-order valence-electron chi connectivity index (χ3n) is 4.09. The predicted octanol–water partition coefficient (Wildman–Crippen LogP) is 1.60. The van der Waals surface area contributed by atoms with E-state index in [1.54, 1.807) is 0 Å². The summed E-state index contributed by atoms with van der Waals surface area (Å²) in [5, 5.41) is 0. The molecule has 1 saturated heterocycles. The maximum absolute atomic E-state index is 5.96. The molecule has 13 heavy (non-hydrogen) atoms. The molecule has 4 unspecified atom stereocenters. The smallest absolute Gasteiger partial charge is 0.0219 e. The molecule has 2 aliphatic rings. The molecule has 0 radical (unpaired) electrons. The monoisotopic (exact) mass is 182 g/mol. The summed E-state index contributed by atoms with van der Waals surface area (Å²) in [5.74, 6) is 1.00. The lowest BCUT2D eigenvalue weighted by Crippen LogP contribution is -2.46. The maximum atomic E-state index is 5.96. The predicted molar refractivity (Wildman–Crippen MR) is 55.6 cm³/mol. The summed E-state index contributed by atoms with van der Waals surface area (Å²) < 4.78 is 0.